The summed E-state index contributed by atoms with van der Waals surface area (Å²) >= 11 is 0. The molecule has 0 bridgehead atoms. The summed E-state index contributed by atoms with van der Waals surface area (Å²) in [5.74, 6) is 0. The maximum absolute atomic E-state index is 12.2. The van der Waals surface area contributed by atoms with Gasteiger partial charge in [0, 0.05) is 25.0 Å². The molecule has 0 aromatic carbocycles. The Labute approximate surface area is 117 Å². The standard InChI is InChI=1S/C15H28N2O2/c1-14(2,3)19-13(18)17-10-6-8-15(12-17)7-5-9-16(4)11-15/h5-12H2,1-4H3. The van der Waals surface area contributed by atoms with Gasteiger partial charge in [-0.15, -0.1) is 0 Å². The largest absolute Gasteiger partial charge is 0.444 e. The smallest absolute Gasteiger partial charge is 0.410 e. The topological polar surface area (TPSA) is 32.8 Å². The number of ether oxygens (including phenoxy) is 1. The second-order valence-corrected chi connectivity index (χ2v) is 7.35. The van der Waals surface area contributed by atoms with E-state index in [1.165, 1.54) is 25.8 Å². The molecule has 0 N–H and O–H groups in total. The van der Waals surface area contributed by atoms with Crippen LogP contribution in [0.1, 0.15) is 46.5 Å². The van der Waals surface area contributed by atoms with E-state index < -0.39 is 5.60 Å². The van der Waals surface area contributed by atoms with E-state index in [9.17, 15) is 4.79 Å². The number of piperidine rings is 2. The number of likely N-dealkylation sites (tertiary alicyclic amines) is 2. The van der Waals surface area contributed by atoms with Gasteiger partial charge in [0.25, 0.3) is 0 Å². The van der Waals surface area contributed by atoms with Crippen molar-refractivity contribution in [3.8, 4) is 0 Å². The van der Waals surface area contributed by atoms with Crippen LogP contribution in [-0.4, -0.2) is 54.7 Å². The minimum Gasteiger partial charge on any atom is -0.444 e. The van der Waals surface area contributed by atoms with Gasteiger partial charge in [-0.2, -0.15) is 0 Å². The number of rotatable bonds is 0. The molecule has 1 atom stereocenters. The second kappa shape index (κ2) is 5.31. The number of carbonyl (C=O) groups is 1. The molecule has 0 aliphatic carbocycles. The molecular weight excluding hydrogens is 240 g/mol. The SMILES string of the molecule is CN1CCCC2(CCCN(C(=O)OC(C)(C)C)C2)C1. The van der Waals surface area contributed by atoms with Crippen molar-refractivity contribution in [1.82, 2.24) is 9.80 Å². The molecule has 2 aliphatic heterocycles. The van der Waals surface area contributed by atoms with E-state index in [1.807, 2.05) is 25.7 Å². The first-order valence-corrected chi connectivity index (χ1v) is 7.46. The van der Waals surface area contributed by atoms with E-state index in [0.29, 0.717) is 5.41 Å². The number of nitrogens with zero attached hydrogens (tertiary/aromatic N) is 2. The van der Waals surface area contributed by atoms with E-state index >= 15 is 0 Å². The van der Waals surface area contributed by atoms with Gasteiger partial charge in [-0.3, -0.25) is 0 Å². The van der Waals surface area contributed by atoms with E-state index in [-0.39, 0.29) is 6.09 Å². The lowest BCUT2D eigenvalue weighted by Crippen LogP contribution is -2.53. The molecule has 110 valence electrons. The fourth-order valence-corrected chi connectivity index (χ4v) is 3.48. The number of hydrogen-bond acceptors (Lipinski definition) is 3. The number of hydrogen-bond donors (Lipinski definition) is 0. The van der Waals surface area contributed by atoms with Crippen molar-refractivity contribution < 1.29 is 9.53 Å². The molecule has 0 saturated carbocycles. The average Bonchev–Trinajstić information content (AvgIpc) is 2.26. The van der Waals surface area contributed by atoms with Crippen LogP contribution < -0.4 is 0 Å². The van der Waals surface area contributed by atoms with Gasteiger partial charge in [0.05, 0.1) is 0 Å². The van der Waals surface area contributed by atoms with Crippen LogP contribution in [0, 0.1) is 5.41 Å². The lowest BCUT2D eigenvalue weighted by atomic mass is 9.74. The van der Waals surface area contributed by atoms with E-state index in [2.05, 4.69) is 11.9 Å². The zero-order chi connectivity index (χ0) is 14.1. The summed E-state index contributed by atoms with van der Waals surface area (Å²) in [6, 6.07) is 0. The molecule has 1 amide bonds. The van der Waals surface area contributed by atoms with Crippen LogP contribution in [0.2, 0.25) is 0 Å². The zero-order valence-corrected chi connectivity index (χ0v) is 12.9. The van der Waals surface area contributed by atoms with Crippen LogP contribution in [0.15, 0.2) is 0 Å². The summed E-state index contributed by atoms with van der Waals surface area (Å²) in [5, 5.41) is 0. The van der Waals surface area contributed by atoms with Gasteiger partial charge in [-0.25, -0.2) is 4.79 Å². The maximum Gasteiger partial charge on any atom is 0.410 e. The maximum atomic E-state index is 12.2. The van der Waals surface area contributed by atoms with Crippen molar-refractivity contribution in [3.63, 3.8) is 0 Å². The van der Waals surface area contributed by atoms with Crippen LogP contribution in [-0.2, 0) is 4.74 Å². The van der Waals surface area contributed by atoms with E-state index in [4.69, 9.17) is 4.74 Å². The summed E-state index contributed by atoms with van der Waals surface area (Å²) in [6.45, 7) is 9.81. The lowest BCUT2D eigenvalue weighted by Gasteiger charge is -2.47. The summed E-state index contributed by atoms with van der Waals surface area (Å²) in [6.07, 6.45) is 4.71. The first kappa shape index (κ1) is 14.6. The average molecular weight is 268 g/mol. The quantitative estimate of drug-likeness (QED) is 0.677. The van der Waals surface area contributed by atoms with Crippen molar-refractivity contribution in [3.05, 3.63) is 0 Å². The molecule has 4 nitrogen and oxygen atoms in total. The Morgan fingerprint density at radius 3 is 2.32 bits per heavy atom. The van der Waals surface area contributed by atoms with Gasteiger partial charge in [-0.1, -0.05) is 0 Å². The minimum absolute atomic E-state index is 0.139. The summed E-state index contributed by atoms with van der Waals surface area (Å²) in [4.78, 5) is 16.5. The predicted molar refractivity (Wildman–Crippen MR) is 76.2 cm³/mol. The van der Waals surface area contributed by atoms with Crippen LogP contribution in [0.25, 0.3) is 0 Å². The van der Waals surface area contributed by atoms with E-state index in [0.717, 1.165) is 26.1 Å². The second-order valence-electron chi connectivity index (χ2n) is 7.35. The van der Waals surface area contributed by atoms with Gasteiger partial charge >= 0.3 is 6.09 Å². The van der Waals surface area contributed by atoms with Crippen molar-refractivity contribution in [2.24, 2.45) is 5.41 Å². The fraction of sp³-hybridized carbons (Fsp3) is 0.933. The lowest BCUT2D eigenvalue weighted by molar-refractivity contribution is -0.0121. The highest BCUT2D eigenvalue weighted by Crippen LogP contribution is 2.38. The Balaban J connectivity index is 1.98. The van der Waals surface area contributed by atoms with Gasteiger partial charge in [-0.05, 0) is 60.0 Å². The van der Waals surface area contributed by atoms with Crippen molar-refractivity contribution in [2.45, 2.75) is 52.1 Å². The molecule has 2 rings (SSSR count). The summed E-state index contributed by atoms with van der Waals surface area (Å²) in [5.41, 5.74) is -0.0901. The number of amides is 1. The van der Waals surface area contributed by atoms with Crippen LogP contribution in [0.5, 0.6) is 0 Å². The third-order valence-corrected chi connectivity index (χ3v) is 4.17. The Morgan fingerprint density at radius 1 is 1.11 bits per heavy atom. The van der Waals surface area contributed by atoms with Crippen LogP contribution >= 0.6 is 0 Å². The predicted octanol–water partition coefficient (Wildman–Crippen LogP) is 2.73. The molecule has 0 aromatic rings. The first-order chi connectivity index (χ1) is 8.80. The molecular formula is C15H28N2O2. The molecule has 1 unspecified atom stereocenters. The van der Waals surface area contributed by atoms with Gasteiger partial charge < -0.3 is 14.5 Å². The molecule has 2 fully saturated rings. The minimum atomic E-state index is -0.398. The summed E-state index contributed by atoms with van der Waals surface area (Å²) in [7, 11) is 2.19. The highest BCUT2D eigenvalue weighted by Gasteiger charge is 2.40. The Kier molecular flexibility index (Phi) is 4.09. The molecule has 4 heteroatoms. The first-order valence-electron chi connectivity index (χ1n) is 7.46. The van der Waals surface area contributed by atoms with Gasteiger partial charge in [0.2, 0.25) is 0 Å². The monoisotopic (exact) mass is 268 g/mol. The Hall–Kier alpha value is -0.770. The molecule has 1 spiro atoms. The molecule has 2 saturated heterocycles. The van der Waals surface area contributed by atoms with Gasteiger partial charge in [0.15, 0.2) is 0 Å². The highest BCUT2D eigenvalue weighted by atomic mass is 16.6. The Bertz CT molecular complexity index is 334. The van der Waals surface area contributed by atoms with Crippen LogP contribution in [0.4, 0.5) is 4.79 Å². The van der Waals surface area contributed by atoms with Crippen molar-refractivity contribution in [2.75, 3.05) is 33.2 Å². The van der Waals surface area contributed by atoms with E-state index in [1.54, 1.807) is 0 Å². The molecule has 19 heavy (non-hydrogen) atoms. The molecule has 0 radical (unpaired) electrons. The molecule has 2 heterocycles. The zero-order valence-electron chi connectivity index (χ0n) is 12.9. The highest BCUT2D eigenvalue weighted by molar-refractivity contribution is 5.68. The van der Waals surface area contributed by atoms with Crippen molar-refractivity contribution >= 4 is 6.09 Å². The third kappa shape index (κ3) is 3.85. The normalized spacial score (nSPS) is 29.6. The molecule has 2 aliphatic rings. The summed E-state index contributed by atoms with van der Waals surface area (Å²) < 4.78 is 5.51. The third-order valence-electron chi connectivity index (χ3n) is 4.17. The van der Waals surface area contributed by atoms with Gasteiger partial charge in [0.1, 0.15) is 5.60 Å². The van der Waals surface area contributed by atoms with Crippen molar-refractivity contribution in [1.29, 1.82) is 0 Å². The van der Waals surface area contributed by atoms with Crippen LogP contribution in [0.3, 0.4) is 0 Å². The fourth-order valence-electron chi connectivity index (χ4n) is 3.48. The molecule has 0 aromatic heterocycles. The number of carbonyl (C=O) groups excluding carboxylic acids is 1. The Morgan fingerprint density at radius 2 is 1.74 bits per heavy atom.